The van der Waals surface area contributed by atoms with E-state index in [1.165, 1.54) is 49.9 Å². The van der Waals surface area contributed by atoms with Crippen molar-refractivity contribution in [3.8, 4) is 0 Å². The summed E-state index contributed by atoms with van der Waals surface area (Å²) in [5.74, 6) is 4.31. The lowest BCUT2D eigenvalue weighted by atomic mass is 9.47. The smallest absolute Gasteiger partial charge is 0.131 e. The van der Waals surface area contributed by atoms with Crippen molar-refractivity contribution < 1.29 is 0 Å². The second-order valence-electron chi connectivity index (χ2n) is 8.44. The molecule has 1 heterocycles. The van der Waals surface area contributed by atoms with Crippen molar-refractivity contribution in [2.75, 3.05) is 13.6 Å². The number of rotatable bonds is 2. The van der Waals surface area contributed by atoms with Gasteiger partial charge in [0.1, 0.15) is 5.84 Å². The Morgan fingerprint density at radius 3 is 2.14 bits per heavy atom. The van der Waals surface area contributed by atoms with Crippen molar-refractivity contribution in [1.82, 2.24) is 4.90 Å². The van der Waals surface area contributed by atoms with Gasteiger partial charge in [0.15, 0.2) is 0 Å². The molecule has 0 saturated heterocycles. The van der Waals surface area contributed by atoms with E-state index in [4.69, 9.17) is 4.99 Å². The molecular weight excluding hydrogens is 268 g/mol. The van der Waals surface area contributed by atoms with Crippen molar-refractivity contribution >= 4 is 5.84 Å². The fourth-order valence-corrected chi connectivity index (χ4v) is 6.63. The number of amidine groups is 1. The molecule has 0 aromatic heterocycles. The van der Waals surface area contributed by atoms with Crippen LogP contribution >= 0.6 is 0 Å². The molecule has 1 aromatic carbocycles. The normalized spacial score (nSPS) is 42.8. The number of nitrogens with zero attached hydrogens (tertiary/aromatic N) is 2. The molecule has 0 radical (unpaired) electrons. The van der Waals surface area contributed by atoms with E-state index < -0.39 is 0 Å². The van der Waals surface area contributed by atoms with Crippen LogP contribution < -0.4 is 0 Å². The van der Waals surface area contributed by atoms with E-state index in [1.54, 1.807) is 0 Å². The van der Waals surface area contributed by atoms with Crippen LogP contribution in [0.3, 0.4) is 0 Å². The van der Waals surface area contributed by atoms with Gasteiger partial charge in [-0.1, -0.05) is 30.3 Å². The largest absolute Gasteiger partial charge is 0.354 e. The average molecular weight is 294 g/mol. The monoisotopic (exact) mass is 294 g/mol. The zero-order chi connectivity index (χ0) is 14.7. The van der Waals surface area contributed by atoms with Crippen LogP contribution in [-0.2, 0) is 0 Å². The van der Waals surface area contributed by atoms with Gasteiger partial charge in [0.05, 0.1) is 12.6 Å². The number of benzene rings is 1. The molecule has 116 valence electrons. The summed E-state index contributed by atoms with van der Waals surface area (Å²) in [4.78, 5) is 7.50. The highest BCUT2D eigenvalue weighted by atomic mass is 15.3. The van der Waals surface area contributed by atoms with Gasteiger partial charge in [0.25, 0.3) is 0 Å². The predicted octanol–water partition coefficient (Wildman–Crippen LogP) is 3.96. The fraction of sp³-hybridized carbons (Fsp3) is 0.650. The lowest BCUT2D eigenvalue weighted by molar-refractivity contribution is -0.0821. The molecule has 4 aliphatic carbocycles. The summed E-state index contributed by atoms with van der Waals surface area (Å²) in [6.45, 7) is 1.02. The minimum Gasteiger partial charge on any atom is -0.354 e. The lowest BCUT2D eigenvalue weighted by Crippen LogP contribution is -2.56. The van der Waals surface area contributed by atoms with Crippen molar-refractivity contribution in [3.63, 3.8) is 0 Å². The molecule has 4 saturated carbocycles. The van der Waals surface area contributed by atoms with Crippen LogP contribution in [0.2, 0.25) is 0 Å². The van der Waals surface area contributed by atoms with E-state index in [1.807, 2.05) is 0 Å². The van der Waals surface area contributed by atoms with E-state index in [0.29, 0.717) is 11.5 Å². The van der Waals surface area contributed by atoms with Crippen LogP contribution in [0.5, 0.6) is 0 Å². The summed E-state index contributed by atoms with van der Waals surface area (Å²) >= 11 is 0. The maximum absolute atomic E-state index is 4.97. The van der Waals surface area contributed by atoms with Crippen LogP contribution in [-0.4, -0.2) is 30.4 Å². The molecule has 0 N–H and O–H groups in total. The second-order valence-corrected chi connectivity index (χ2v) is 8.44. The molecular formula is C20H26N2. The molecule has 1 aliphatic heterocycles. The molecule has 1 aromatic rings. The highest BCUT2D eigenvalue weighted by Crippen LogP contribution is 2.62. The first kappa shape index (κ1) is 13.2. The molecule has 1 atom stereocenters. The Kier molecular flexibility index (Phi) is 2.75. The topological polar surface area (TPSA) is 15.6 Å². The van der Waals surface area contributed by atoms with E-state index >= 15 is 0 Å². The van der Waals surface area contributed by atoms with Crippen molar-refractivity contribution in [2.45, 2.75) is 44.6 Å². The first-order valence-electron chi connectivity index (χ1n) is 9.06. The maximum atomic E-state index is 4.97. The maximum Gasteiger partial charge on any atom is 0.131 e. The summed E-state index contributed by atoms with van der Waals surface area (Å²) in [5.41, 5.74) is 1.86. The van der Waals surface area contributed by atoms with Crippen molar-refractivity contribution in [2.24, 2.45) is 28.2 Å². The molecule has 4 bridgehead atoms. The SMILES string of the molecule is CN1C(c2ccccc2)=NCC1C12CC3CC(CC(C3)C1)C2. The highest BCUT2D eigenvalue weighted by molar-refractivity contribution is 5.99. The van der Waals surface area contributed by atoms with Gasteiger partial charge in [-0.15, -0.1) is 0 Å². The zero-order valence-corrected chi connectivity index (χ0v) is 13.5. The Labute approximate surface area is 133 Å². The number of hydrogen-bond donors (Lipinski definition) is 0. The molecule has 5 aliphatic rings. The number of likely N-dealkylation sites (N-methyl/N-ethyl adjacent to an activating group) is 1. The van der Waals surface area contributed by atoms with Gasteiger partial charge in [0, 0.05) is 12.6 Å². The molecule has 0 amide bonds. The summed E-state index contributed by atoms with van der Waals surface area (Å²) in [6, 6.07) is 11.4. The first-order valence-corrected chi connectivity index (χ1v) is 9.06. The summed E-state index contributed by atoms with van der Waals surface area (Å²) in [6.07, 6.45) is 9.02. The van der Waals surface area contributed by atoms with Crippen molar-refractivity contribution in [1.29, 1.82) is 0 Å². The van der Waals surface area contributed by atoms with Crippen LogP contribution in [0.15, 0.2) is 35.3 Å². The Balaban J connectivity index is 1.44. The minimum atomic E-state index is 0.573. The third kappa shape index (κ3) is 1.82. The molecule has 2 nitrogen and oxygen atoms in total. The standard InChI is InChI=1S/C20H26N2/c1-22-18(13-21-19(22)17-5-3-2-4-6-17)20-10-14-7-15(11-20)9-16(8-14)12-20/h2-6,14-16,18H,7-13H2,1H3. The lowest BCUT2D eigenvalue weighted by Gasteiger charge is -2.60. The van der Waals surface area contributed by atoms with Crippen molar-refractivity contribution in [3.05, 3.63) is 35.9 Å². The molecule has 2 heteroatoms. The van der Waals surface area contributed by atoms with Gasteiger partial charge >= 0.3 is 0 Å². The van der Waals surface area contributed by atoms with Gasteiger partial charge < -0.3 is 4.90 Å². The zero-order valence-electron chi connectivity index (χ0n) is 13.5. The minimum absolute atomic E-state index is 0.573. The van der Waals surface area contributed by atoms with Gasteiger partial charge in [0.2, 0.25) is 0 Å². The Morgan fingerprint density at radius 2 is 1.55 bits per heavy atom. The molecule has 6 rings (SSSR count). The van der Waals surface area contributed by atoms with E-state index in [9.17, 15) is 0 Å². The summed E-state index contributed by atoms with van der Waals surface area (Å²) in [5, 5.41) is 0. The van der Waals surface area contributed by atoms with Gasteiger partial charge in [-0.2, -0.15) is 0 Å². The summed E-state index contributed by atoms with van der Waals surface area (Å²) in [7, 11) is 2.29. The average Bonchev–Trinajstić information content (AvgIpc) is 2.89. The predicted molar refractivity (Wildman–Crippen MR) is 90.0 cm³/mol. The number of hydrogen-bond acceptors (Lipinski definition) is 2. The third-order valence-corrected chi connectivity index (χ3v) is 7.04. The van der Waals surface area contributed by atoms with Crippen LogP contribution in [0.4, 0.5) is 0 Å². The first-order chi connectivity index (χ1) is 10.7. The molecule has 1 unspecified atom stereocenters. The Morgan fingerprint density at radius 1 is 0.955 bits per heavy atom. The highest BCUT2D eigenvalue weighted by Gasteiger charge is 2.56. The molecule has 0 spiro atoms. The number of aliphatic imine (C=N–C) groups is 1. The Bertz CT molecular complexity index is 568. The summed E-state index contributed by atoms with van der Waals surface area (Å²) < 4.78 is 0. The molecule has 4 fully saturated rings. The van der Waals surface area contributed by atoms with Crippen LogP contribution in [0, 0.1) is 23.2 Å². The van der Waals surface area contributed by atoms with Gasteiger partial charge in [-0.25, -0.2) is 0 Å². The van der Waals surface area contributed by atoms with E-state index in [0.717, 1.165) is 24.3 Å². The van der Waals surface area contributed by atoms with E-state index in [-0.39, 0.29) is 0 Å². The Hall–Kier alpha value is -1.31. The van der Waals surface area contributed by atoms with Crippen LogP contribution in [0.25, 0.3) is 0 Å². The quantitative estimate of drug-likeness (QED) is 0.806. The molecule has 22 heavy (non-hydrogen) atoms. The van der Waals surface area contributed by atoms with E-state index in [2.05, 4.69) is 42.3 Å². The third-order valence-electron chi connectivity index (χ3n) is 7.04. The second kappa shape index (κ2) is 4.59. The van der Waals surface area contributed by atoms with Gasteiger partial charge in [-0.3, -0.25) is 4.99 Å². The fourth-order valence-electron chi connectivity index (χ4n) is 6.63. The van der Waals surface area contributed by atoms with Crippen LogP contribution in [0.1, 0.15) is 44.1 Å². The van der Waals surface area contributed by atoms with Gasteiger partial charge in [-0.05, 0) is 61.7 Å².